The van der Waals surface area contributed by atoms with Gasteiger partial charge in [0.2, 0.25) is 5.91 Å². The van der Waals surface area contributed by atoms with Crippen molar-refractivity contribution in [1.29, 1.82) is 0 Å². The maximum absolute atomic E-state index is 12.8. The summed E-state index contributed by atoms with van der Waals surface area (Å²) >= 11 is 1.01. The number of amides is 2. The summed E-state index contributed by atoms with van der Waals surface area (Å²) in [5.74, 6) is -1.37. The van der Waals surface area contributed by atoms with Gasteiger partial charge in [-0.3, -0.25) is 9.59 Å². The van der Waals surface area contributed by atoms with E-state index in [0.717, 1.165) is 11.8 Å². The zero-order valence-electron chi connectivity index (χ0n) is 12.9. The Morgan fingerprint density at radius 3 is 2.80 bits per heavy atom. The molecular formula is C15H14FN5O3S. The van der Waals surface area contributed by atoms with Crippen LogP contribution in [0.2, 0.25) is 0 Å². The maximum atomic E-state index is 12.8. The van der Waals surface area contributed by atoms with Crippen LogP contribution in [0, 0.1) is 11.7 Å². The number of carbonyl (C=O) groups is 2. The van der Waals surface area contributed by atoms with Gasteiger partial charge in [0.05, 0.1) is 18.9 Å². The molecule has 1 aromatic carbocycles. The molecule has 8 nitrogen and oxygen atoms in total. The average molecular weight is 363 g/mol. The minimum Gasteiger partial charge on any atom is -0.394 e. The molecule has 0 spiro atoms. The molecule has 2 aliphatic rings. The van der Waals surface area contributed by atoms with Gasteiger partial charge in [0.15, 0.2) is 5.17 Å². The summed E-state index contributed by atoms with van der Waals surface area (Å²) in [6.45, 7) is 0.0963. The zero-order chi connectivity index (χ0) is 17.8. The van der Waals surface area contributed by atoms with Gasteiger partial charge in [0.1, 0.15) is 17.6 Å². The summed E-state index contributed by atoms with van der Waals surface area (Å²) in [6, 6.07) is 5.39. The third-order valence-corrected chi connectivity index (χ3v) is 4.20. The highest BCUT2D eigenvalue weighted by molar-refractivity contribution is 8.14. The molecule has 2 heterocycles. The van der Waals surface area contributed by atoms with Crippen LogP contribution in [0.25, 0.3) is 0 Å². The van der Waals surface area contributed by atoms with Gasteiger partial charge in [0.25, 0.3) is 5.91 Å². The molecule has 10 heteroatoms. The van der Waals surface area contributed by atoms with E-state index in [1.807, 2.05) is 0 Å². The number of hydrogen-bond acceptors (Lipinski definition) is 7. The van der Waals surface area contributed by atoms with Gasteiger partial charge < -0.3 is 10.4 Å². The highest BCUT2D eigenvalue weighted by Crippen LogP contribution is 2.21. The van der Waals surface area contributed by atoms with Crippen molar-refractivity contribution in [2.45, 2.75) is 0 Å². The minimum absolute atomic E-state index is 0.00814. The summed E-state index contributed by atoms with van der Waals surface area (Å²) in [4.78, 5) is 32.0. The van der Waals surface area contributed by atoms with E-state index in [1.165, 1.54) is 35.5 Å². The van der Waals surface area contributed by atoms with Crippen LogP contribution < -0.4 is 5.32 Å². The summed E-state index contributed by atoms with van der Waals surface area (Å²) in [5, 5.41) is 17.3. The number of aliphatic hydroxyl groups is 1. The highest BCUT2D eigenvalue weighted by Gasteiger charge is 2.35. The Morgan fingerprint density at radius 1 is 1.32 bits per heavy atom. The van der Waals surface area contributed by atoms with Crippen molar-refractivity contribution in [3.63, 3.8) is 0 Å². The molecule has 0 saturated carbocycles. The van der Waals surface area contributed by atoms with Crippen LogP contribution in [0.1, 0.15) is 0 Å². The Labute approximate surface area is 146 Å². The van der Waals surface area contributed by atoms with E-state index >= 15 is 0 Å². The van der Waals surface area contributed by atoms with Gasteiger partial charge in [-0.2, -0.15) is 10.1 Å². The van der Waals surface area contributed by atoms with Gasteiger partial charge in [-0.1, -0.05) is 11.8 Å². The first-order chi connectivity index (χ1) is 12.1. The molecule has 1 atom stereocenters. The van der Waals surface area contributed by atoms with E-state index in [0.29, 0.717) is 11.5 Å². The van der Waals surface area contributed by atoms with Gasteiger partial charge >= 0.3 is 0 Å². The number of β-amino-alcohol motifs (C(OH)–C–C–N with tert-alkyl or cyclic N) is 1. The second-order valence-electron chi connectivity index (χ2n) is 5.14. The van der Waals surface area contributed by atoms with E-state index in [9.17, 15) is 14.0 Å². The summed E-state index contributed by atoms with van der Waals surface area (Å²) in [7, 11) is 0. The largest absolute Gasteiger partial charge is 0.394 e. The third-order valence-electron chi connectivity index (χ3n) is 3.35. The molecule has 25 heavy (non-hydrogen) atoms. The number of hydrogen-bond donors (Lipinski definition) is 2. The van der Waals surface area contributed by atoms with Crippen LogP contribution in [0.15, 0.2) is 39.4 Å². The van der Waals surface area contributed by atoms with Gasteiger partial charge in [-0.05, 0) is 24.3 Å². The summed E-state index contributed by atoms with van der Waals surface area (Å²) < 4.78 is 12.8. The fraction of sp³-hybridized carbons (Fsp3) is 0.267. The molecule has 130 valence electrons. The fourth-order valence-corrected chi connectivity index (χ4v) is 2.86. The standard InChI is InChI=1S/C15H14FN5O3S/c16-9-1-3-10(4-2-9)18-12(23)8-25-15-19-13-11(14(24)20-15)7-17-21(13)5-6-22/h1-4,7,11,22H,5-6,8H2,(H,18,23). The smallest absolute Gasteiger partial charge is 0.264 e. The van der Waals surface area contributed by atoms with Crippen molar-refractivity contribution in [2.75, 3.05) is 24.2 Å². The number of amidine groups is 2. The lowest BCUT2D eigenvalue weighted by Crippen LogP contribution is -2.35. The Morgan fingerprint density at radius 2 is 2.08 bits per heavy atom. The van der Waals surface area contributed by atoms with Gasteiger partial charge in [0, 0.05) is 11.9 Å². The molecular weight excluding hydrogens is 349 g/mol. The van der Waals surface area contributed by atoms with Crippen molar-refractivity contribution >= 4 is 46.5 Å². The number of thioether (sulfide) groups is 1. The van der Waals surface area contributed by atoms with Crippen LogP contribution >= 0.6 is 11.8 Å². The number of fused-ring (bicyclic) bond motifs is 1. The lowest BCUT2D eigenvalue weighted by atomic mass is 10.1. The predicted molar refractivity (Wildman–Crippen MR) is 93.1 cm³/mol. The highest BCUT2D eigenvalue weighted by atomic mass is 32.2. The Hall–Kier alpha value is -2.59. The fourth-order valence-electron chi connectivity index (χ4n) is 2.21. The number of benzene rings is 1. The van der Waals surface area contributed by atoms with Crippen molar-refractivity contribution in [3.8, 4) is 0 Å². The normalized spacial score (nSPS) is 18.7. The molecule has 2 amide bonds. The first kappa shape index (κ1) is 17.2. The van der Waals surface area contributed by atoms with Crippen molar-refractivity contribution < 1.29 is 19.1 Å². The zero-order valence-corrected chi connectivity index (χ0v) is 13.7. The van der Waals surface area contributed by atoms with Gasteiger partial charge in [-0.15, -0.1) is 0 Å². The summed E-state index contributed by atoms with van der Waals surface area (Å²) in [5.41, 5.74) is 0.471. The Kier molecular flexibility index (Phi) is 5.19. The quantitative estimate of drug-likeness (QED) is 0.801. The average Bonchev–Trinajstić information content (AvgIpc) is 2.99. The predicted octanol–water partition coefficient (Wildman–Crippen LogP) is 0.702. The molecule has 1 unspecified atom stereocenters. The molecule has 0 fully saturated rings. The first-order valence-electron chi connectivity index (χ1n) is 7.38. The molecule has 2 aliphatic heterocycles. The molecule has 0 saturated heterocycles. The van der Waals surface area contributed by atoms with E-state index in [-0.39, 0.29) is 35.8 Å². The van der Waals surface area contributed by atoms with Crippen LogP contribution in [-0.4, -0.2) is 58.1 Å². The number of nitrogens with zero attached hydrogens (tertiary/aromatic N) is 4. The van der Waals surface area contributed by atoms with Crippen LogP contribution in [0.5, 0.6) is 0 Å². The third kappa shape index (κ3) is 4.09. The Balaban J connectivity index is 1.59. The number of nitrogens with one attached hydrogen (secondary N) is 1. The number of hydrazone groups is 1. The number of halogens is 1. The molecule has 3 rings (SSSR count). The monoisotopic (exact) mass is 363 g/mol. The van der Waals surface area contributed by atoms with Crippen molar-refractivity contribution in [1.82, 2.24) is 5.01 Å². The molecule has 0 radical (unpaired) electrons. The number of anilines is 1. The SMILES string of the molecule is O=C(CSC1=NC(=O)C2C=NN(CCO)C2=N1)Nc1ccc(F)cc1. The second kappa shape index (κ2) is 7.53. The second-order valence-corrected chi connectivity index (χ2v) is 6.08. The minimum atomic E-state index is -0.635. The number of carbonyl (C=O) groups excluding carboxylic acids is 2. The molecule has 2 N–H and O–H groups in total. The van der Waals surface area contributed by atoms with Crippen molar-refractivity contribution in [2.24, 2.45) is 21.0 Å². The molecule has 0 aromatic heterocycles. The lowest BCUT2D eigenvalue weighted by molar-refractivity contribution is -0.118. The van der Waals surface area contributed by atoms with Crippen LogP contribution in [0.3, 0.4) is 0 Å². The molecule has 1 aromatic rings. The topological polar surface area (TPSA) is 107 Å². The van der Waals surface area contributed by atoms with Gasteiger partial charge in [-0.25, -0.2) is 14.4 Å². The molecule has 0 bridgehead atoms. The van der Waals surface area contributed by atoms with Crippen LogP contribution in [0.4, 0.5) is 10.1 Å². The molecule has 0 aliphatic carbocycles. The number of rotatable bonds is 5. The maximum Gasteiger partial charge on any atom is 0.264 e. The van der Waals surface area contributed by atoms with Crippen molar-refractivity contribution in [3.05, 3.63) is 30.1 Å². The van der Waals surface area contributed by atoms with Crippen LogP contribution in [-0.2, 0) is 9.59 Å². The van der Waals surface area contributed by atoms with E-state index in [4.69, 9.17) is 5.11 Å². The van der Waals surface area contributed by atoms with E-state index < -0.39 is 11.8 Å². The van der Waals surface area contributed by atoms with E-state index in [2.05, 4.69) is 20.4 Å². The lowest BCUT2D eigenvalue weighted by Gasteiger charge is -2.19. The number of aliphatic imine (C=N–C) groups is 2. The first-order valence-corrected chi connectivity index (χ1v) is 8.37. The van der Waals surface area contributed by atoms with E-state index in [1.54, 1.807) is 0 Å². The Bertz CT molecular complexity index is 778. The number of aliphatic hydroxyl groups excluding tert-OH is 1. The summed E-state index contributed by atoms with van der Waals surface area (Å²) in [6.07, 6.45) is 1.43.